The van der Waals surface area contributed by atoms with Crippen molar-refractivity contribution < 1.29 is 15.0 Å². The molecule has 0 amide bonds. The number of benzene rings is 1. The Kier molecular flexibility index (Phi) is 3.46. The summed E-state index contributed by atoms with van der Waals surface area (Å²) in [6, 6.07) is 3.60. The van der Waals surface area contributed by atoms with Gasteiger partial charge in [0.2, 0.25) is 0 Å². The normalized spacial score (nSPS) is 32.6. The minimum absolute atomic E-state index is 0.00292. The van der Waals surface area contributed by atoms with Crippen molar-refractivity contribution in [3.63, 3.8) is 0 Å². The highest BCUT2D eigenvalue weighted by Gasteiger charge is 2.62. The van der Waals surface area contributed by atoms with E-state index >= 15 is 0 Å². The fourth-order valence-electron chi connectivity index (χ4n) is 4.92. The summed E-state index contributed by atoms with van der Waals surface area (Å²) < 4.78 is 0. The second kappa shape index (κ2) is 4.83. The van der Waals surface area contributed by atoms with E-state index < -0.39 is 11.0 Å². The minimum Gasteiger partial charge on any atom is -0.508 e. The van der Waals surface area contributed by atoms with Crippen LogP contribution < -0.4 is 0 Å². The molecule has 0 unspecified atom stereocenters. The number of carbonyl (C=O) groups is 1. The van der Waals surface area contributed by atoms with Crippen LogP contribution in [0.3, 0.4) is 0 Å². The molecule has 0 bridgehead atoms. The van der Waals surface area contributed by atoms with Crippen LogP contribution in [-0.2, 0) is 5.41 Å². The van der Waals surface area contributed by atoms with Gasteiger partial charge in [-0.2, -0.15) is 0 Å². The molecule has 1 aromatic carbocycles. The van der Waals surface area contributed by atoms with Crippen molar-refractivity contribution in [1.29, 1.82) is 0 Å². The number of phenolic OH excluding ortho intramolecular Hbond substituents is 1. The highest BCUT2D eigenvalue weighted by molar-refractivity contribution is 6.01. The summed E-state index contributed by atoms with van der Waals surface area (Å²) in [5.74, 6) is 0.391. The number of hydrogen-bond acceptors (Lipinski definition) is 3. The number of fused-ring (bicyclic) bond motifs is 3. The van der Waals surface area contributed by atoms with E-state index in [0.29, 0.717) is 5.56 Å². The van der Waals surface area contributed by atoms with E-state index in [0.717, 1.165) is 30.4 Å². The number of carbonyl (C=O) groups excluding carboxylic acids is 1. The number of rotatable bonds is 1. The van der Waals surface area contributed by atoms with Gasteiger partial charge in [0.15, 0.2) is 5.78 Å². The number of aromatic hydroxyl groups is 1. The van der Waals surface area contributed by atoms with Gasteiger partial charge in [-0.05, 0) is 47.4 Å². The predicted molar refractivity (Wildman–Crippen MR) is 91.1 cm³/mol. The van der Waals surface area contributed by atoms with Crippen molar-refractivity contribution in [1.82, 2.24) is 0 Å². The lowest BCUT2D eigenvalue weighted by atomic mass is 9.47. The summed E-state index contributed by atoms with van der Waals surface area (Å²) in [5.41, 5.74) is 0.446. The van der Waals surface area contributed by atoms with E-state index in [1.807, 2.05) is 19.9 Å². The van der Waals surface area contributed by atoms with E-state index in [1.165, 1.54) is 0 Å². The lowest BCUT2D eigenvalue weighted by molar-refractivity contribution is -0.150. The molecule has 23 heavy (non-hydrogen) atoms. The number of Topliss-reactive ketones (excluding diaryl/α,β-unsaturated/α-hetero) is 1. The van der Waals surface area contributed by atoms with E-state index in [-0.39, 0.29) is 29.3 Å². The van der Waals surface area contributed by atoms with Gasteiger partial charge >= 0.3 is 0 Å². The Bertz CT molecular complexity index is 674. The maximum Gasteiger partial charge on any atom is 0.166 e. The Morgan fingerprint density at radius 3 is 2.39 bits per heavy atom. The molecule has 0 saturated heterocycles. The van der Waals surface area contributed by atoms with Gasteiger partial charge in [-0.1, -0.05) is 41.0 Å². The molecular formula is C20H28O3. The second-order valence-corrected chi connectivity index (χ2v) is 8.64. The van der Waals surface area contributed by atoms with Crippen molar-refractivity contribution in [2.24, 2.45) is 5.41 Å². The Morgan fingerprint density at radius 2 is 1.78 bits per heavy atom. The number of ketones is 1. The molecule has 0 aromatic heterocycles. The first-order valence-corrected chi connectivity index (χ1v) is 8.66. The number of hydrogen-bond donors (Lipinski definition) is 2. The largest absolute Gasteiger partial charge is 0.508 e. The van der Waals surface area contributed by atoms with Crippen molar-refractivity contribution in [2.75, 3.05) is 0 Å². The molecule has 3 heteroatoms. The highest BCUT2D eigenvalue weighted by atomic mass is 16.3. The quantitative estimate of drug-likeness (QED) is 0.812. The summed E-state index contributed by atoms with van der Waals surface area (Å²) in [7, 11) is 0. The van der Waals surface area contributed by atoms with Gasteiger partial charge in [-0.3, -0.25) is 4.79 Å². The molecule has 3 rings (SSSR count). The Labute approximate surface area is 138 Å². The average molecular weight is 316 g/mol. The van der Waals surface area contributed by atoms with E-state index in [1.54, 1.807) is 6.07 Å². The summed E-state index contributed by atoms with van der Waals surface area (Å²) in [6.07, 6.45) is 2.95. The van der Waals surface area contributed by atoms with Crippen LogP contribution in [0, 0.1) is 5.41 Å². The van der Waals surface area contributed by atoms with Crippen LogP contribution >= 0.6 is 0 Å². The molecule has 1 fully saturated rings. The third-order valence-corrected chi connectivity index (χ3v) is 6.61. The van der Waals surface area contributed by atoms with Crippen molar-refractivity contribution >= 4 is 5.78 Å². The molecule has 126 valence electrons. The molecule has 2 aliphatic carbocycles. The van der Waals surface area contributed by atoms with Crippen LogP contribution in [0.2, 0.25) is 0 Å². The van der Waals surface area contributed by atoms with E-state index in [4.69, 9.17) is 0 Å². The molecule has 1 aromatic rings. The van der Waals surface area contributed by atoms with Gasteiger partial charge in [-0.15, -0.1) is 0 Å². The number of aliphatic hydroxyl groups is 1. The molecule has 0 aliphatic heterocycles. The van der Waals surface area contributed by atoms with Gasteiger partial charge in [-0.25, -0.2) is 0 Å². The maximum absolute atomic E-state index is 12.8. The monoisotopic (exact) mass is 316 g/mol. The first kappa shape index (κ1) is 16.5. The van der Waals surface area contributed by atoms with Gasteiger partial charge in [0.05, 0.1) is 5.60 Å². The maximum atomic E-state index is 12.8. The van der Waals surface area contributed by atoms with Gasteiger partial charge in [0, 0.05) is 17.4 Å². The summed E-state index contributed by atoms with van der Waals surface area (Å²) in [5, 5.41) is 22.0. The Morgan fingerprint density at radius 1 is 1.13 bits per heavy atom. The molecule has 2 aliphatic rings. The van der Waals surface area contributed by atoms with E-state index in [2.05, 4.69) is 20.8 Å². The van der Waals surface area contributed by atoms with Crippen molar-refractivity contribution in [2.45, 2.75) is 77.2 Å². The van der Waals surface area contributed by atoms with Gasteiger partial charge < -0.3 is 10.2 Å². The fourth-order valence-corrected chi connectivity index (χ4v) is 4.92. The fraction of sp³-hybridized carbons (Fsp3) is 0.650. The molecule has 0 spiro atoms. The molecular weight excluding hydrogens is 288 g/mol. The highest BCUT2D eigenvalue weighted by Crippen LogP contribution is 2.60. The Balaban J connectivity index is 2.27. The first-order chi connectivity index (χ1) is 10.5. The topological polar surface area (TPSA) is 57.5 Å². The summed E-state index contributed by atoms with van der Waals surface area (Å²) >= 11 is 0. The smallest absolute Gasteiger partial charge is 0.166 e. The lowest BCUT2D eigenvalue weighted by Gasteiger charge is -2.59. The zero-order valence-corrected chi connectivity index (χ0v) is 14.9. The summed E-state index contributed by atoms with van der Waals surface area (Å²) in [6.45, 7) is 10.2. The van der Waals surface area contributed by atoms with Crippen molar-refractivity contribution in [3.8, 4) is 5.75 Å². The second-order valence-electron chi connectivity index (χ2n) is 8.64. The van der Waals surface area contributed by atoms with Gasteiger partial charge in [0.1, 0.15) is 5.75 Å². The zero-order valence-electron chi connectivity index (χ0n) is 14.9. The third-order valence-electron chi connectivity index (χ3n) is 6.61. The Hall–Kier alpha value is -1.35. The standard InChI is InChI=1S/C20H28O3/c1-12(2)13-9-14-15(10-16(13)21)19(5)8-6-7-18(3,4)20(19,23)11-17(14)22/h9-10,12,21,23H,6-8,11H2,1-5H3/t19-,20-/m1/s1. The van der Waals surface area contributed by atoms with Crippen LogP contribution in [0.4, 0.5) is 0 Å². The molecule has 1 saturated carbocycles. The van der Waals surface area contributed by atoms with Gasteiger partial charge in [0.25, 0.3) is 0 Å². The number of phenols is 1. The summed E-state index contributed by atoms with van der Waals surface area (Å²) in [4.78, 5) is 12.8. The molecule has 2 atom stereocenters. The lowest BCUT2D eigenvalue weighted by Crippen LogP contribution is -2.64. The van der Waals surface area contributed by atoms with Crippen LogP contribution in [0.25, 0.3) is 0 Å². The molecule has 2 N–H and O–H groups in total. The SMILES string of the molecule is CC(C)c1cc2c(cc1O)[C@@]1(C)CCCC(C)(C)[C@]1(O)CC2=O. The average Bonchev–Trinajstić information content (AvgIpc) is 2.43. The third kappa shape index (κ3) is 2.02. The van der Waals surface area contributed by atoms with Crippen LogP contribution in [0.15, 0.2) is 12.1 Å². The van der Waals surface area contributed by atoms with Crippen LogP contribution in [0.1, 0.15) is 87.7 Å². The van der Waals surface area contributed by atoms with E-state index in [9.17, 15) is 15.0 Å². The zero-order chi connectivity index (χ0) is 17.2. The first-order valence-electron chi connectivity index (χ1n) is 8.66. The minimum atomic E-state index is -1.06. The predicted octanol–water partition coefficient (Wildman–Crippen LogP) is 4.30. The van der Waals surface area contributed by atoms with Crippen LogP contribution in [-0.4, -0.2) is 21.6 Å². The van der Waals surface area contributed by atoms with Crippen LogP contribution in [0.5, 0.6) is 5.75 Å². The molecule has 0 radical (unpaired) electrons. The van der Waals surface area contributed by atoms with Crippen molar-refractivity contribution in [3.05, 3.63) is 28.8 Å². The molecule has 0 heterocycles. The molecule has 3 nitrogen and oxygen atoms in total.